The summed E-state index contributed by atoms with van der Waals surface area (Å²) in [5.74, 6) is 0. The van der Waals surface area contributed by atoms with E-state index in [9.17, 15) is 0 Å². The second-order valence-corrected chi connectivity index (χ2v) is 11.6. The van der Waals surface area contributed by atoms with Gasteiger partial charge < -0.3 is 4.57 Å². The van der Waals surface area contributed by atoms with Crippen molar-refractivity contribution in [1.29, 1.82) is 0 Å². The molecule has 1 heteroatoms. The van der Waals surface area contributed by atoms with E-state index in [1.165, 1.54) is 108 Å². The molecule has 0 aliphatic rings. The van der Waals surface area contributed by atoms with Gasteiger partial charge in [-0.2, -0.15) is 0 Å². The van der Waals surface area contributed by atoms with Gasteiger partial charge >= 0.3 is 0 Å². The summed E-state index contributed by atoms with van der Waals surface area (Å²) in [5, 5.41) is 2.75. The molecule has 0 spiro atoms. The highest BCUT2D eigenvalue weighted by molar-refractivity contribution is 6.16. The summed E-state index contributed by atoms with van der Waals surface area (Å²) in [6.07, 6.45) is 12.8. The van der Waals surface area contributed by atoms with Crippen molar-refractivity contribution in [2.24, 2.45) is 0 Å². The lowest BCUT2D eigenvalue weighted by Crippen LogP contribution is -2.30. The van der Waals surface area contributed by atoms with Gasteiger partial charge in [-0.1, -0.05) is 162 Å². The van der Waals surface area contributed by atoms with Crippen LogP contribution in [0.15, 0.2) is 97.1 Å². The first-order valence-electron chi connectivity index (χ1n) is 15.4. The number of fused-ring (bicyclic) bond motifs is 3. The molecule has 0 saturated carbocycles. The Balaban J connectivity index is 1.82. The van der Waals surface area contributed by atoms with Crippen molar-refractivity contribution >= 4 is 21.8 Å². The average molecular weight is 516 g/mol. The molecule has 1 aromatic heterocycles. The second kappa shape index (κ2) is 12.7. The maximum atomic E-state index is 2.81. The largest absolute Gasteiger partial charge is 0.334 e. The molecule has 1 nitrogen and oxygen atoms in total. The van der Waals surface area contributed by atoms with Crippen LogP contribution in [0, 0.1) is 0 Å². The van der Waals surface area contributed by atoms with E-state index < -0.39 is 0 Å². The molecule has 0 saturated heterocycles. The van der Waals surface area contributed by atoms with Crippen molar-refractivity contribution < 1.29 is 0 Å². The van der Waals surface area contributed by atoms with E-state index >= 15 is 0 Å². The summed E-state index contributed by atoms with van der Waals surface area (Å²) in [7, 11) is 0. The number of nitrogens with zero attached hydrogens (tertiary/aromatic N) is 1. The molecule has 202 valence electrons. The van der Waals surface area contributed by atoms with Gasteiger partial charge in [0, 0.05) is 27.4 Å². The van der Waals surface area contributed by atoms with Gasteiger partial charge in [-0.25, -0.2) is 0 Å². The van der Waals surface area contributed by atoms with E-state index in [1.54, 1.807) is 0 Å². The third-order valence-corrected chi connectivity index (χ3v) is 8.66. The first kappa shape index (κ1) is 27.3. The van der Waals surface area contributed by atoms with Crippen LogP contribution in [0.25, 0.3) is 44.1 Å². The van der Waals surface area contributed by atoms with E-state index in [4.69, 9.17) is 0 Å². The topological polar surface area (TPSA) is 4.93 Å². The molecule has 0 aliphatic heterocycles. The summed E-state index contributed by atoms with van der Waals surface area (Å²) < 4.78 is 2.81. The Morgan fingerprint density at radius 3 is 1.33 bits per heavy atom. The molecule has 0 radical (unpaired) electrons. The van der Waals surface area contributed by atoms with Crippen molar-refractivity contribution in [1.82, 2.24) is 4.57 Å². The first-order valence-corrected chi connectivity index (χ1v) is 15.4. The third kappa shape index (κ3) is 5.69. The fraction of sp³-hybridized carbons (Fsp3) is 0.368. The van der Waals surface area contributed by atoms with Crippen LogP contribution in [0.4, 0.5) is 0 Å². The Morgan fingerprint density at radius 2 is 0.923 bits per heavy atom. The molecule has 0 unspecified atom stereocenters. The zero-order valence-electron chi connectivity index (χ0n) is 24.3. The highest BCUT2D eigenvalue weighted by Gasteiger charge is 2.31. The van der Waals surface area contributed by atoms with Crippen LogP contribution in [0.3, 0.4) is 0 Å². The summed E-state index contributed by atoms with van der Waals surface area (Å²) in [5.41, 5.74) is 8.12. The van der Waals surface area contributed by atoms with Gasteiger partial charge in [0.05, 0.1) is 11.0 Å². The van der Waals surface area contributed by atoms with Crippen LogP contribution < -0.4 is 0 Å². The number of hydrogen-bond donors (Lipinski definition) is 0. The highest BCUT2D eigenvalue weighted by atomic mass is 15.1. The van der Waals surface area contributed by atoms with Gasteiger partial charge in [-0.15, -0.1) is 0 Å². The molecule has 5 rings (SSSR count). The van der Waals surface area contributed by atoms with E-state index in [2.05, 4.69) is 122 Å². The van der Waals surface area contributed by atoms with Crippen molar-refractivity contribution in [3.05, 3.63) is 97.1 Å². The number of aromatic nitrogens is 1. The lowest BCUT2D eigenvalue weighted by molar-refractivity contribution is 0.266. The Morgan fingerprint density at radius 1 is 0.487 bits per heavy atom. The van der Waals surface area contributed by atoms with E-state index in [1.807, 2.05) is 0 Å². The van der Waals surface area contributed by atoms with Crippen molar-refractivity contribution in [2.75, 3.05) is 0 Å². The van der Waals surface area contributed by atoms with Crippen molar-refractivity contribution in [3.63, 3.8) is 0 Å². The van der Waals surface area contributed by atoms with Crippen LogP contribution in [0.5, 0.6) is 0 Å². The molecule has 0 bridgehead atoms. The molecule has 5 aromatic rings. The first-order chi connectivity index (χ1) is 19.2. The van der Waals surface area contributed by atoms with E-state index in [0.717, 1.165) is 0 Å². The lowest BCUT2D eigenvalue weighted by atomic mass is 9.86. The lowest BCUT2D eigenvalue weighted by Gasteiger charge is -2.35. The van der Waals surface area contributed by atoms with Crippen LogP contribution in [-0.4, -0.2) is 4.57 Å². The van der Waals surface area contributed by atoms with E-state index in [-0.39, 0.29) is 5.54 Å². The molecular formula is C38H45N. The van der Waals surface area contributed by atoms with Crippen molar-refractivity contribution in [3.8, 4) is 22.3 Å². The second-order valence-electron chi connectivity index (χ2n) is 11.6. The minimum Gasteiger partial charge on any atom is -0.334 e. The summed E-state index contributed by atoms with van der Waals surface area (Å²) in [4.78, 5) is 0. The van der Waals surface area contributed by atoms with Crippen LogP contribution in [-0.2, 0) is 5.54 Å². The number of unbranched alkanes of at least 4 members (excludes halogenated alkanes) is 6. The van der Waals surface area contributed by atoms with Crippen molar-refractivity contribution in [2.45, 2.75) is 90.5 Å². The Kier molecular flexibility index (Phi) is 8.87. The molecule has 0 atom stereocenters. The fourth-order valence-corrected chi connectivity index (χ4v) is 6.57. The Hall–Kier alpha value is -3.32. The molecular weight excluding hydrogens is 470 g/mol. The van der Waals surface area contributed by atoms with Gasteiger partial charge in [0.2, 0.25) is 0 Å². The van der Waals surface area contributed by atoms with Gasteiger partial charge in [-0.3, -0.25) is 0 Å². The zero-order valence-corrected chi connectivity index (χ0v) is 24.3. The molecule has 1 heterocycles. The standard InChI is InChI=1S/C38H45N/c1-4-6-8-16-28-38(3,29-17-9-7-5-2)39-36-32(30-20-12-10-13-21-30)24-18-26-34(36)35-27-19-25-33(37(35)39)31-22-14-11-15-23-31/h10-15,18-27H,4-9,16-17,28-29H2,1-3H3. The van der Waals surface area contributed by atoms with Gasteiger partial charge in [0.15, 0.2) is 0 Å². The van der Waals surface area contributed by atoms with E-state index in [0.29, 0.717) is 0 Å². The monoisotopic (exact) mass is 515 g/mol. The van der Waals surface area contributed by atoms with Gasteiger partial charge in [0.1, 0.15) is 0 Å². The smallest absolute Gasteiger partial charge is 0.0576 e. The normalized spacial score (nSPS) is 12.0. The highest BCUT2D eigenvalue weighted by Crippen LogP contribution is 2.45. The number of benzene rings is 4. The molecule has 0 fully saturated rings. The minimum absolute atomic E-state index is 0.0389. The number of rotatable bonds is 13. The quantitative estimate of drug-likeness (QED) is 0.137. The average Bonchev–Trinajstić information content (AvgIpc) is 3.34. The Bertz CT molecular complexity index is 1370. The molecule has 0 aliphatic carbocycles. The van der Waals surface area contributed by atoms with Gasteiger partial charge in [0.25, 0.3) is 0 Å². The Labute approximate surface area is 235 Å². The van der Waals surface area contributed by atoms with Gasteiger partial charge in [-0.05, 0) is 30.9 Å². The predicted octanol–water partition coefficient (Wildman–Crippen LogP) is 11.8. The minimum atomic E-state index is 0.0389. The third-order valence-electron chi connectivity index (χ3n) is 8.66. The summed E-state index contributed by atoms with van der Waals surface area (Å²) >= 11 is 0. The zero-order chi connectivity index (χ0) is 27.1. The molecule has 4 aromatic carbocycles. The number of hydrogen-bond acceptors (Lipinski definition) is 0. The summed E-state index contributed by atoms with van der Waals surface area (Å²) in [6.45, 7) is 7.19. The predicted molar refractivity (Wildman–Crippen MR) is 171 cm³/mol. The van der Waals surface area contributed by atoms with Crippen LogP contribution in [0.2, 0.25) is 0 Å². The maximum Gasteiger partial charge on any atom is 0.0576 e. The molecule has 0 amide bonds. The SMILES string of the molecule is CCCCCCC(C)(CCCCCC)n1c2c(-c3ccccc3)cccc2c2cccc(-c3ccccc3)c21. The summed E-state index contributed by atoms with van der Waals surface area (Å²) in [6, 6.07) is 35.9. The van der Waals surface area contributed by atoms with Crippen LogP contribution >= 0.6 is 0 Å². The van der Waals surface area contributed by atoms with Crippen LogP contribution in [0.1, 0.15) is 85.0 Å². The number of para-hydroxylation sites is 2. The molecule has 0 N–H and O–H groups in total. The molecule has 39 heavy (non-hydrogen) atoms. The maximum absolute atomic E-state index is 2.81. The fourth-order valence-electron chi connectivity index (χ4n) is 6.57.